The number of hydrazine groups is 1. The van der Waals surface area contributed by atoms with E-state index in [4.69, 9.17) is 0 Å². The molecule has 0 saturated carbocycles. The average molecular weight is 258 g/mol. The summed E-state index contributed by atoms with van der Waals surface area (Å²) < 4.78 is 4.29. The zero-order valence-corrected chi connectivity index (χ0v) is 9.75. The van der Waals surface area contributed by atoms with E-state index in [9.17, 15) is 19.6 Å². The second-order valence-electron chi connectivity index (χ2n) is 4.13. The molecule has 0 aliphatic carbocycles. The van der Waals surface area contributed by atoms with Gasteiger partial charge in [-0.25, -0.2) is 20.1 Å². The Morgan fingerprint density at radius 2 is 2.11 bits per heavy atom. The van der Waals surface area contributed by atoms with Gasteiger partial charge in [-0.05, 0) is 12.8 Å². The molecule has 2 rings (SSSR count). The van der Waals surface area contributed by atoms with Gasteiger partial charge in [-0.15, -0.1) is 0 Å². The second kappa shape index (κ2) is 4.69. The summed E-state index contributed by atoms with van der Waals surface area (Å²) in [4.78, 5) is 35.5. The van der Waals surface area contributed by atoms with Crippen LogP contribution < -0.4 is 10.9 Å². The quantitative estimate of drug-likeness (QED) is 0.414. The summed E-state index contributed by atoms with van der Waals surface area (Å²) in [5, 5.41) is 10.1. The predicted octanol–water partition coefficient (Wildman–Crippen LogP) is -0.969. The molecule has 2 saturated heterocycles. The standard InChI is InChI=1S/C9H14N4O5/c1-18-8(15)11-10-7(14)6-3-2-5-4-12(6)9(16)13(5)17/h5-6,17H,2-4H2,1H3,(H,10,14)(H,11,15)/t5-,6+/m1/s1. The monoisotopic (exact) mass is 258 g/mol. The van der Waals surface area contributed by atoms with Crippen LogP contribution in [0.1, 0.15) is 12.8 Å². The Hall–Kier alpha value is -2.03. The number of piperidine rings is 1. The second-order valence-corrected chi connectivity index (χ2v) is 4.13. The molecule has 2 aliphatic rings. The van der Waals surface area contributed by atoms with Crippen LogP contribution in [0.3, 0.4) is 0 Å². The minimum absolute atomic E-state index is 0.255. The van der Waals surface area contributed by atoms with E-state index < -0.39 is 24.1 Å². The number of nitrogens with one attached hydrogen (secondary N) is 2. The van der Waals surface area contributed by atoms with Crippen LogP contribution in [-0.4, -0.2) is 58.9 Å². The third-order valence-corrected chi connectivity index (χ3v) is 3.12. The number of carbonyl (C=O) groups excluding carboxylic acids is 3. The number of nitrogens with zero attached hydrogens (tertiary/aromatic N) is 2. The molecule has 2 heterocycles. The summed E-state index contributed by atoms with van der Waals surface area (Å²) in [7, 11) is 1.17. The Morgan fingerprint density at radius 3 is 2.78 bits per heavy atom. The molecule has 9 nitrogen and oxygen atoms in total. The number of carbonyl (C=O) groups is 3. The minimum atomic E-state index is -0.798. The number of amides is 4. The Labute approximate surface area is 103 Å². The molecule has 4 amide bonds. The van der Waals surface area contributed by atoms with E-state index in [1.165, 1.54) is 12.0 Å². The molecular formula is C9H14N4O5. The van der Waals surface area contributed by atoms with Gasteiger partial charge in [0, 0.05) is 6.54 Å². The zero-order chi connectivity index (χ0) is 13.3. The van der Waals surface area contributed by atoms with Crippen LogP contribution in [0.15, 0.2) is 0 Å². The van der Waals surface area contributed by atoms with Crippen molar-refractivity contribution < 1.29 is 24.3 Å². The number of urea groups is 1. The highest BCUT2D eigenvalue weighted by molar-refractivity contribution is 5.89. The largest absolute Gasteiger partial charge is 0.452 e. The molecule has 100 valence electrons. The van der Waals surface area contributed by atoms with E-state index in [1.54, 1.807) is 0 Å². The summed E-state index contributed by atoms with van der Waals surface area (Å²) in [5.74, 6) is -0.512. The number of hydrogen-bond donors (Lipinski definition) is 3. The van der Waals surface area contributed by atoms with Gasteiger partial charge in [0.15, 0.2) is 0 Å². The fraction of sp³-hybridized carbons (Fsp3) is 0.667. The van der Waals surface area contributed by atoms with Crippen LogP contribution in [0.25, 0.3) is 0 Å². The number of fused-ring (bicyclic) bond motifs is 2. The summed E-state index contributed by atoms with van der Waals surface area (Å²) >= 11 is 0. The lowest BCUT2D eigenvalue weighted by Crippen LogP contribution is -2.54. The van der Waals surface area contributed by atoms with Crippen LogP contribution in [0.2, 0.25) is 0 Å². The van der Waals surface area contributed by atoms with E-state index in [0.717, 1.165) is 0 Å². The highest BCUT2D eigenvalue weighted by Gasteiger charge is 2.46. The van der Waals surface area contributed by atoms with Gasteiger partial charge in [0.1, 0.15) is 6.04 Å². The van der Waals surface area contributed by atoms with Crippen molar-refractivity contribution in [3.8, 4) is 0 Å². The fourth-order valence-electron chi connectivity index (χ4n) is 2.17. The predicted molar refractivity (Wildman–Crippen MR) is 56.2 cm³/mol. The summed E-state index contributed by atoms with van der Waals surface area (Å²) in [6.45, 7) is 0.311. The number of ether oxygens (including phenoxy) is 1. The number of hydroxylamine groups is 2. The van der Waals surface area contributed by atoms with Crippen LogP contribution in [0.5, 0.6) is 0 Å². The van der Waals surface area contributed by atoms with Crippen molar-refractivity contribution in [1.82, 2.24) is 20.8 Å². The molecule has 2 fully saturated rings. The lowest BCUT2D eigenvalue weighted by atomic mass is 10.0. The minimum Gasteiger partial charge on any atom is -0.452 e. The Balaban J connectivity index is 1.95. The van der Waals surface area contributed by atoms with Crippen molar-refractivity contribution in [2.24, 2.45) is 0 Å². The highest BCUT2D eigenvalue weighted by Crippen LogP contribution is 2.28. The fourth-order valence-corrected chi connectivity index (χ4v) is 2.17. The van der Waals surface area contributed by atoms with Crippen molar-refractivity contribution >= 4 is 18.0 Å². The van der Waals surface area contributed by atoms with E-state index in [2.05, 4.69) is 10.2 Å². The molecule has 0 unspecified atom stereocenters. The molecule has 2 aliphatic heterocycles. The van der Waals surface area contributed by atoms with Gasteiger partial charge in [-0.1, -0.05) is 0 Å². The van der Waals surface area contributed by atoms with E-state index in [1.807, 2.05) is 5.43 Å². The Morgan fingerprint density at radius 1 is 1.39 bits per heavy atom. The number of rotatable bonds is 1. The van der Waals surface area contributed by atoms with Crippen molar-refractivity contribution in [1.29, 1.82) is 0 Å². The van der Waals surface area contributed by atoms with Gasteiger partial charge < -0.3 is 9.64 Å². The maximum Gasteiger partial charge on any atom is 0.425 e. The van der Waals surface area contributed by atoms with Crippen LogP contribution in [0, 0.1) is 0 Å². The van der Waals surface area contributed by atoms with Gasteiger partial charge in [-0.2, -0.15) is 0 Å². The van der Waals surface area contributed by atoms with Crippen molar-refractivity contribution in [2.45, 2.75) is 24.9 Å². The molecular weight excluding hydrogens is 244 g/mol. The Bertz CT molecular complexity index is 387. The van der Waals surface area contributed by atoms with Crippen molar-refractivity contribution in [2.75, 3.05) is 13.7 Å². The average Bonchev–Trinajstić information content (AvgIpc) is 2.61. The molecule has 0 aromatic rings. The molecule has 3 N–H and O–H groups in total. The summed E-state index contributed by atoms with van der Waals surface area (Å²) in [6.07, 6.45) is 0.172. The van der Waals surface area contributed by atoms with E-state index in [0.29, 0.717) is 24.4 Å². The summed E-state index contributed by atoms with van der Waals surface area (Å²) in [6, 6.07) is -1.53. The lowest BCUT2D eigenvalue weighted by molar-refractivity contribution is -0.126. The third-order valence-electron chi connectivity index (χ3n) is 3.12. The molecule has 0 radical (unpaired) electrons. The van der Waals surface area contributed by atoms with Gasteiger partial charge in [0.25, 0.3) is 5.91 Å². The van der Waals surface area contributed by atoms with Crippen LogP contribution >= 0.6 is 0 Å². The maximum absolute atomic E-state index is 11.8. The van der Waals surface area contributed by atoms with E-state index in [-0.39, 0.29) is 6.04 Å². The first kappa shape index (κ1) is 12.4. The first-order chi connectivity index (χ1) is 8.54. The number of hydrogen-bond acceptors (Lipinski definition) is 5. The molecule has 0 spiro atoms. The SMILES string of the molecule is COC(=O)NNC(=O)[C@@H]1CC[C@@H]2CN1C(=O)N2O. The Kier molecular flexibility index (Phi) is 3.24. The normalized spacial score (nSPS) is 26.0. The third kappa shape index (κ3) is 2.04. The molecule has 9 heteroatoms. The first-order valence-corrected chi connectivity index (χ1v) is 5.47. The molecule has 0 aromatic carbocycles. The molecule has 2 atom stereocenters. The van der Waals surface area contributed by atoms with Gasteiger partial charge >= 0.3 is 12.1 Å². The van der Waals surface area contributed by atoms with Crippen LogP contribution in [0.4, 0.5) is 9.59 Å². The van der Waals surface area contributed by atoms with Crippen molar-refractivity contribution in [3.63, 3.8) is 0 Å². The van der Waals surface area contributed by atoms with Gasteiger partial charge in [-0.3, -0.25) is 15.4 Å². The molecule has 2 bridgehead atoms. The van der Waals surface area contributed by atoms with E-state index >= 15 is 0 Å². The van der Waals surface area contributed by atoms with Crippen molar-refractivity contribution in [3.05, 3.63) is 0 Å². The molecule has 0 aromatic heterocycles. The topological polar surface area (TPSA) is 111 Å². The molecule has 18 heavy (non-hydrogen) atoms. The van der Waals surface area contributed by atoms with Crippen LogP contribution in [-0.2, 0) is 9.53 Å². The zero-order valence-electron chi connectivity index (χ0n) is 9.75. The van der Waals surface area contributed by atoms with Gasteiger partial charge in [0.2, 0.25) is 0 Å². The number of methoxy groups -OCH3 is 1. The maximum atomic E-state index is 11.8. The summed E-state index contributed by atoms with van der Waals surface area (Å²) in [5.41, 5.74) is 4.20. The first-order valence-electron chi connectivity index (χ1n) is 5.47. The van der Waals surface area contributed by atoms with Gasteiger partial charge in [0.05, 0.1) is 13.2 Å². The lowest BCUT2D eigenvalue weighted by Gasteiger charge is -2.28. The smallest absolute Gasteiger partial charge is 0.425 e. The highest BCUT2D eigenvalue weighted by atomic mass is 16.5.